The van der Waals surface area contributed by atoms with E-state index in [0.717, 1.165) is 31.8 Å². The van der Waals surface area contributed by atoms with Gasteiger partial charge in [-0.2, -0.15) is 5.10 Å². The normalized spacial score (nSPS) is 27.2. The molecule has 2 heterocycles. The molecule has 5 nitrogen and oxygen atoms in total. The maximum absolute atomic E-state index is 6.18. The molecule has 2 N–H and O–H groups in total. The largest absolute Gasteiger partial charge is 0.376 e. The molecule has 3 atom stereocenters. The second-order valence-electron chi connectivity index (χ2n) is 4.46. The Kier molecular flexibility index (Phi) is 3.56. The summed E-state index contributed by atoms with van der Waals surface area (Å²) in [5.41, 5.74) is 6.18. The Morgan fingerprint density at radius 1 is 1.69 bits per heavy atom. The maximum atomic E-state index is 6.18. The molecule has 90 valence electrons. The van der Waals surface area contributed by atoms with Crippen LogP contribution < -0.4 is 5.73 Å². The van der Waals surface area contributed by atoms with Gasteiger partial charge in [-0.3, -0.25) is 4.68 Å². The van der Waals surface area contributed by atoms with Crippen LogP contribution in [0.1, 0.15) is 26.1 Å². The smallest absolute Gasteiger partial charge is 0.138 e. The Balaban J connectivity index is 1.98. The number of rotatable bonds is 4. The van der Waals surface area contributed by atoms with Gasteiger partial charge < -0.3 is 10.5 Å². The summed E-state index contributed by atoms with van der Waals surface area (Å²) < 4.78 is 7.56. The fourth-order valence-electron chi connectivity index (χ4n) is 2.30. The summed E-state index contributed by atoms with van der Waals surface area (Å²) in [5.74, 6) is 1.51. The lowest BCUT2D eigenvalue weighted by Gasteiger charge is -2.21. The van der Waals surface area contributed by atoms with Gasteiger partial charge in [-0.25, -0.2) is 4.98 Å². The van der Waals surface area contributed by atoms with Crippen molar-refractivity contribution in [3.05, 3.63) is 12.2 Å². The third-order valence-electron chi connectivity index (χ3n) is 3.28. The van der Waals surface area contributed by atoms with E-state index in [1.54, 1.807) is 6.33 Å². The first-order valence-corrected chi connectivity index (χ1v) is 5.96. The molecular weight excluding hydrogens is 204 g/mol. The molecule has 5 heteroatoms. The average Bonchev–Trinajstić information content (AvgIpc) is 2.86. The van der Waals surface area contributed by atoms with Crippen molar-refractivity contribution in [2.45, 2.75) is 45.4 Å². The van der Waals surface area contributed by atoms with E-state index in [9.17, 15) is 0 Å². The van der Waals surface area contributed by atoms with Crippen LogP contribution in [0.4, 0.5) is 0 Å². The lowest BCUT2D eigenvalue weighted by atomic mass is 9.96. The second kappa shape index (κ2) is 4.93. The van der Waals surface area contributed by atoms with Crippen molar-refractivity contribution < 1.29 is 4.74 Å². The van der Waals surface area contributed by atoms with Crippen LogP contribution in [0.5, 0.6) is 0 Å². The van der Waals surface area contributed by atoms with Crippen molar-refractivity contribution in [3.8, 4) is 0 Å². The summed E-state index contributed by atoms with van der Waals surface area (Å²) in [4.78, 5) is 4.24. The fourth-order valence-corrected chi connectivity index (χ4v) is 2.30. The minimum Gasteiger partial charge on any atom is -0.376 e. The molecular formula is C11H20N4O. The molecule has 1 aromatic heterocycles. The Morgan fingerprint density at radius 2 is 2.50 bits per heavy atom. The van der Waals surface area contributed by atoms with E-state index in [2.05, 4.69) is 23.9 Å². The molecule has 1 saturated heterocycles. The maximum Gasteiger partial charge on any atom is 0.138 e. The van der Waals surface area contributed by atoms with Crippen LogP contribution >= 0.6 is 0 Å². The van der Waals surface area contributed by atoms with Crippen LogP contribution in [-0.2, 0) is 17.7 Å². The monoisotopic (exact) mass is 224 g/mol. The van der Waals surface area contributed by atoms with Gasteiger partial charge in [0.1, 0.15) is 12.2 Å². The molecule has 1 aliphatic rings. The second-order valence-corrected chi connectivity index (χ2v) is 4.46. The van der Waals surface area contributed by atoms with Gasteiger partial charge in [0, 0.05) is 25.6 Å². The third-order valence-corrected chi connectivity index (χ3v) is 3.28. The third kappa shape index (κ3) is 2.25. The molecule has 16 heavy (non-hydrogen) atoms. The van der Waals surface area contributed by atoms with Crippen molar-refractivity contribution >= 4 is 0 Å². The summed E-state index contributed by atoms with van der Waals surface area (Å²) in [6, 6.07) is 0.0204. The summed E-state index contributed by atoms with van der Waals surface area (Å²) in [7, 11) is 0. The van der Waals surface area contributed by atoms with Crippen LogP contribution in [0.15, 0.2) is 6.33 Å². The molecule has 1 aliphatic heterocycles. The Bertz CT molecular complexity index is 338. The van der Waals surface area contributed by atoms with Gasteiger partial charge in [0.05, 0.1) is 6.10 Å². The van der Waals surface area contributed by atoms with Crippen molar-refractivity contribution in [2.24, 2.45) is 11.7 Å². The van der Waals surface area contributed by atoms with E-state index in [1.807, 2.05) is 4.68 Å². The molecule has 0 spiro atoms. The van der Waals surface area contributed by atoms with Crippen molar-refractivity contribution in [2.75, 3.05) is 6.61 Å². The Morgan fingerprint density at radius 3 is 3.12 bits per heavy atom. The molecule has 1 fully saturated rings. The van der Waals surface area contributed by atoms with Gasteiger partial charge in [-0.05, 0) is 19.3 Å². The SMILES string of the molecule is CCn1ncnc1CC(N)C1OCCC1C. The molecule has 3 unspecified atom stereocenters. The van der Waals surface area contributed by atoms with Crippen molar-refractivity contribution in [1.29, 1.82) is 0 Å². The highest BCUT2D eigenvalue weighted by Crippen LogP contribution is 2.23. The first kappa shape index (κ1) is 11.5. The molecule has 0 bridgehead atoms. The minimum atomic E-state index is 0.0204. The quantitative estimate of drug-likeness (QED) is 0.813. The molecule has 0 radical (unpaired) electrons. The van der Waals surface area contributed by atoms with Crippen LogP contribution in [0.3, 0.4) is 0 Å². The molecule has 0 amide bonds. The lowest BCUT2D eigenvalue weighted by Crippen LogP contribution is -2.40. The van der Waals surface area contributed by atoms with Crippen molar-refractivity contribution in [3.63, 3.8) is 0 Å². The van der Waals surface area contributed by atoms with Gasteiger partial charge in [0.15, 0.2) is 0 Å². The molecule has 0 aromatic carbocycles. The van der Waals surface area contributed by atoms with Gasteiger partial charge in [0.2, 0.25) is 0 Å². The van der Waals surface area contributed by atoms with E-state index in [1.165, 1.54) is 0 Å². The van der Waals surface area contributed by atoms with E-state index < -0.39 is 0 Å². The Hall–Kier alpha value is -0.940. The van der Waals surface area contributed by atoms with Gasteiger partial charge >= 0.3 is 0 Å². The number of aromatic nitrogens is 3. The number of aryl methyl sites for hydroxylation is 1. The molecule has 0 aliphatic carbocycles. The fraction of sp³-hybridized carbons (Fsp3) is 0.818. The zero-order valence-electron chi connectivity index (χ0n) is 9.97. The summed E-state index contributed by atoms with van der Waals surface area (Å²) in [5, 5.41) is 4.14. The van der Waals surface area contributed by atoms with Crippen LogP contribution in [0, 0.1) is 5.92 Å². The van der Waals surface area contributed by atoms with Crippen LogP contribution in [0.2, 0.25) is 0 Å². The predicted octanol–water partition coefficient (Wildman–Crippen LogP) is 0.593. The Labute approximate surface area is 96.0 Å². The van der Waals surface area contributed by atoms with E-state index in [-0.39, 0.29) is 12.1 Å². The topological polar surface area (TPSA) is 66.0 Å². The van der Waals surface area contributed by atoms with E-state index in [4.69, 9.17) is 10.5 Å². The zero-order chi connectivity index (χ0) is 11.5. The zero-order valence-corrected chi connectivity index (χ0v) is 9.97. The van der Waals surface area contributed by atoms with Gasteiger partial charge in [-0.1, -0.05) is 6.92 Å². The number of nitrogens with two attached hydrogens (primary N) is 1. The standard InChI is InChI=1S/C11H20N4O/c1-3-15-10(13-7-14-15)6-9(12)11-8(2)4-5-16-11/h7-9,11H,3-6,12H2,1-2H3. The highest BCUT2D eigenvalue weighted by Gasteiger charge is 2.30. The lowest BCUT2D eigenvalue weighted by molar-refractivity contribution is 0.0718. The summed E-state index contributed by atoms with van der Waals surface area (Å²) in [6.45, 7) is 5.92. The van der Waals surface area contributed by atoms with Crippen LogP contribution in [-0.4, -0.2) is 33.5 Å². The van der Waals surface area contributed by atoms with E-state index >= 15 is 0 Å². The number of hydrogen-bond acceptors (Lipinski definition) is 4. The molecule has 1 aromatic rings. The van der Waals surface area contributed by atoms with E-state index in [0.29, 0.717) is 5.92 Å². The number of hydrogen-bond donors (Lipinski definition) is 1. The van der Waals surface area contributed by atoms with Gasteiger partial charge in [-0.15, -0.1) is 0 Å². The number of ether oxygens (including phenoxy) is 1. The van der Waals surface area contributed by atoms with Crippen LogP contribution in [0.25, 0.3) is 0 Å². The highest BCUT2D eigenvalue weighted by molar-refractivity contribution is 4.93. The van der Waals surface area contributed by atoms with Gasteiger partial charge in [0.25, 0.3) is 0 Å². The minimum absolute atomic E-state index is 0.0204. The first-order chi connectivity index (χ1) is 7.72. The molecule has 2 rings (SSSR count). The van der Waals surface area contributed by atoms with Crippen molar-refractivity contribution in [1.82, 2.24) is 14.8 Å². The first-order valence-electron chi connectivity index (χ1n) is 5.96. The number of nitrogens with zero attached hydrogens (tertiary/aromatic N) is 3. The summed E-state index contributed by atoms with van der Waals surface area (Å²) >= 11 is 0. The predicted molar refractivity (Wildman–Crippen MR) is 60.9 cm³/mol. The molecule has 0 saturated carbocycles. The highest BCUT2D eigenvalue weighted by atomic mass is 16.5. The summed E-state index contributed by atoms with van der Waals surface area (Å²) in [6.07, 6.45) is 3.61. The average molecular weight is 224 g/mol.